The topological polar surface area (TPSA) is 85.9 Å². The average Bonchev–Trinajstić information content (AvgIpc) is 3.28. The molecule has 3 saturated heterocycles. The maximum atomic E-state index is 13.4. The highest BCUT2D eigenvalue weighted by Gasteiger charge is 2.53. The third-order valence-electron chi connectivity index (χ3n) is 8.75. The number of nitrogens with zero attached hydrogens (tertiary/aromatic N) is 2. The van der Waals surface area contributed by atoms with E-state index in [1.54, 1.807) is 11.9 Å². The number of piperidine rings is 1. The Morgan fingerprint density at radius 3 is 2.59 bits per heavy atom. The minimum absolute atomic E-state index is 0.0803. The highest BCUT2D eigenvalue weighted by atomic mass is 19.4. The Kier molecular flexibility index (Phi) is 6.58. The summed E-state index contributed by atoms with van der Waals surface area (Å²) in [5.74, 6) is 0.487. The predicted molar refractivity (Wildman–Crippen MR) is 117 cm³/mol. The Balaban J connectivity index is 1.18. The third-order valence-corrected chi connectivity index (χ3v) is 8.75. The molecular formula is C23H36F3N5O3. The van der Waals surface area contributed by atoms with Gasteiger partial charge >= 0.3 is 6.18 Å². The number of likely N-dealkylation sites (N-methyl/N-ethyl adjacent to an activating group) is 1. The Labute approximate surface area is 198 Å². The Morgan fingerprint density at radius 1 is 1.12 bits per heavy atom. The fourth-order valence-electron chi connectivity index (χ4n) is 6.50. The van der Waals surface area contributed by atoms with Gasteiger partial charge in [0.15, 0.2) is 0 Å². The summed E-state index contributed by atoms with van der Waals surface area (Å²) >= 11 is 0. The molecule has 2 saturated carbocycles. The van der Waals surface area contributed by atoms with E-state index in [2.05, 4.69) is 16.2 Å². The predicted octanol–water partition coefficient (Wildman–Crippen LogP) is 1.17. The second kappa shape index (κ2) is 9.22. The van der Waals surface area contributed by atoms with E-state index in [4.69, 9.17) is 4.74 Å². The zero-order valence-corrected chi connectivity index (χ0v) is 19.7. The maximum absolute atomic E-state index is 13.4. The molecule has 2 amide bonds. The number of nitrogens with one attached hydrogen (secondary N) is 3. The van der Waals surface area contributed by atoms with Crippen molar-refractivity contribution in [1.29, 1.82) is 0 Å². The molecule has 3 aliphatic heterocycles. The van der Waals surface area contributed by atoms with Crippen molar-refractivity contribution in [2.24, 2.45) is 11.8 Å². The second-order valence-corrected chi connectivity index (χ2v) is 10.9. The molecule has 0 aromatic carbocycles. The number of amides is 2. The minimum atomic E-state index is -4.38. The smallest absolute Gasteiger partial charge is 0.370 e. The van der Waals surface area contributed by atoms with Gasteiger partial charge in [-0.1, -0.05) is 12.8 Å². The molecule has 0 radical (unpaired) electrons. The molecular weight excluding hydrogens is 451 g/mol. The maximum Gasteiger partial charge on any atom is 0.411 e. The van der Waals surface area contributed by atoms with Crippen molar-refractivity contribution in [2.45, 2.75) is 87.2 Å². The van der Waals surface area contributed by atoms with Gasteiger partial charge in [0.05, 0.1) is 18.2 Å². The van der Waals surface area contributed by atoms with Crippen molar-refractivity contribution >= 4 is 11.8 Å². The molecule has 3 heterocycles. The Morgan fingerprint density at radius 2 is 1.88 bits per heavy atom. The van der Waals surface area contributed by atoms with Crippen LogP contribution >= 0.6 is 0 Å². The van der Waals surface area contributed by atoms with E-state index in [0.717, 1.165) is 19.3 Å². The second-order valence-electron chi connectivity index (χ2n) is 10.9. The van der Waals surface area contributed by atoms with Crippen LogP contribution in [0.3, 0.4) is 0 Å². The first-order valence-electron chi connectivity index (χ1n) is 12.6. The molecule has 5 rings (SSSR count). The van der Waals surface area contributed by atoms with Crippen molar-refractivity contribution in [3.8, 4) is 0 Å². The summed E-state index contributed by atoms with van der Waals surface area (Å²) in [7, 11) is 1.65. The van der Waals surface area contributed by atoms with E-state index in [0.29, 0.717) is 37.9 Å². The fraction of sp³-hybridized carbons (Fsp3) is 0.913. The van der Waals surface area contributed by atoms with Crippen molar-refractivity contribution in [2.75, 3.05) is 33.4 Å². The van der Waals surface area contributed by atoms with E-state index in [9.17, 15) is 22.8 Å². The lowest BCUT2D eigenvalue weighted by Crippen LogP contribution is -2.56. The molecule has 6 atom stereocenters. The van der Waals surface area contributed by atoms with Gasteiger partial charge in [0.25, 0.3) is 0 Å². The normalized spacial score (nSPS) is 36.6. The summed E-state index contributed by atoms with van der Waals surface area (Å²) in [5, 5.41) is 3.57. The van der Waals surface area contributed by atoms with Crippen LogP contribution < -0.4 is 16.2 Å². The molecule has 34 heavy (non-hydrogen) atoms. The molecule has 0 aromatic heterocycles. The number of ether oxygens (including phenoxy) is 1. The SMILES string of the molecule is CN(C(=O)C1NNC2CCN(C(=O)C3CC4CCCCC4N3)CC21)C1(COCC(F)(F)F)CC1. The lowest BCUT2D eigenvalue weighted by Gasteiger charge is -2.38. The molecule has 3 N–H and O–H groups in total. The largest absolute Gasteiger partial charge is 0.411 e. The number of alkyl halides is 3. The molecule has 5 fully saturated rings. The van der Waals surface area contributed by atoms with Crippen LogP contribution in [-0.2, 0) is 14.3 Å². The van der Waals surface area contributed by atoms with E-state index in [1.165, 1.54) is 19.3 Å². The van der Waals surface area contributed by atoms with Gasteiger partial charge in [-0.15, -0.1) is 0 Å². The zero-order valence-electron chi connectivity index (χ0n) is 19.7. The summed E-state index contributed by atoms with van der Waals surface area (Å²) < 4.78 is 42.3. The van der Waals surface area contributed by atoms with Crippen LogP contribution in [0.1, 0.15) is 51.4 Å². The van der Waals surface area contributed by atoms with Gasteiger partial charge in [-0.05, 0) is 44.4 Å². The molecule has 6 unspecified atom stereocenters. The number of carbonyl (C=O) groups is 2. The highest BCUT2D eigenvalue weighted by Crippen LogP contribution is 2.42. The van der Waals surface area contributed by atoms with Gasteiger partial charge in [-0.3, -0.25) is 15.0 Å². The van der Waals surface area contributed by atoms with Gasteiger partial charge in [-0.25, -0.2) is 5.43 Å². The number of halogens is 3. The molecule has 0 spiro atoms. The monoisotopic (exact) mass is 487 g/mol. The first kappa shape index (κ1) is 24.3. The summed E-state index contributed by atoms with van der Waals surface area (Å²) in [5.41, 5.74) is 5.66. The standard InChI is InChI=1S/C23H36F3N5O3/c1-30(22(7-8-22)12-34-13-23(24,25)26)21(33)19-15-11-31(9-6-17(15)28-29-19)20(32)18-10-14-4-2-3-5-16(14)27-18/h14-19,27-29H,2-13H2,1H3. The first-order chi connectivity index (χ1) is 16.2. The van der Waals surface area contributed by atoms with Crippen molar-refractivity contribution in [3.63, 3.8) is 0 Å². The number of hydrogen-bond donors (Lipinski definition) is 3. The average molecular weight is 488 g/mol. The summed E-state index contributed by atoms with van der Waals surface area (Å²) in [6.07, 6.45) is 3.33. The quantitative estimate of drug-likeness (QED) is 0.522. The highest BCUT2D eigenvalue weighted by molar-refractivity contribution is 5.85. The van der Waals surface area contributed by atoms with Crippen molar-refractivity contribution in [1.82, 2.24) is 26.0 Å². The van der Waals surface area contributed by atoms with E-state index < -0.39 is 24.4 Å². The van der Waals surface area contributed by atoms with E-state index >= 15 is 0 Å². The van der Waals surface area contributed by atoms with Crippen LogP contribution in [0.5, 0.6) is 0 Å². The number of fused-ring (bicyclic) bond motifs is 2. The zero-order chi connectivity index (χ0) is 24.1. The van der Waals surface area contributed by atoms with E-state index in [-0.39, 0.29) is 36.4 Å². The van der Waals surface area contributed by atoms with Crippen LogP contribution in [0.15, 0.2) is 0 Å². The Bertz CT molecular complexity index is 778. The molecule has 11 heteroatoms. The van der Waals surface area contributed by atoms with E-state index in [1.807, 2.05) is 4.90 Å². The molecule has 0 aromatic rings. The van der Waals surface area contributed by atoms with Gasteiger partial charge in [-0.2, -0.15) is 13.2 Å². The lowest BCUT2D eigenvalue weighted by molar-refractivity contribution is -0.178. The fourth-order valence-corrected chi connectivity index (χ4v) is 6.50. The Hall–Kier alpha value is -1.43. The number of hydrogen-bond acceptors (Lipinski definition) is 6. The number of hydrazine groups is 1. The minimum Gasteiger partial charge on any atom is -0.370 e. The third kappa shape index (κ3) is 4.81. The number of likely N-dealkylation sites (tertiary alicyclic amines) is 1. The molecule has 5 aliphatic rings. The van der Waals surface area contributed by atoms with Crippen LogP contribution in [0.2, 0.25) is 0 Å². The van der Waals surface area contributed by atoms with Crippen LogP contribution in [-0.4, -0.2) is 90.8 Å². The molecule has 0 bridgehead atoms. The summed E-state index contributed by atoms with van der Waals surface area (Å²) in [6.45, 7) is -0.269. The van der Waals surface area contributed by atoms with Gasteiger partial charge in [0, 0.05) is 38.1 Å². The van der Waals surface area contributed by atoms with Crippen LogP contribution in [0.25, 0.3) is 0 Å². The lowest BCUT2D eigenvalue weighted by atomic mass is 9.84. The molecule has 192 valence electrons. The first-order valence-corrected chi connectivity index (χ1v) is 12.6. The molecule has 2 aliphatic carbocycles. The summed E-state index contributed by atoms with van der Waals surface area (Å²) in [6, 6.07) is -0.122. The van der Waals surface area contributed by atoms with Crippen molar-refractivity contribution in [3.05, 3.63) is 0 Å². The van der Waals surface area contributed by atoms with Gasteiger partial charge < -0.3 is 19.9 Å². The number of carbonyl (C=O) groups excluding carboxylic acids is 2. The summed E-state index contributed by atoms with van der Waals surface area (Å²) in [4.78, 5) is 30.2. The van der Waals surface area contributed by atoms with Crippen LogP contribution in [0.4, 0.5) is 13.2 Å². The van der Waals surface area contributed by atoms with Crippen molar-refractivity contribution < 1.29 is 27.5 Å². The molecule has 8 nitrogen and oxygen atoms in total. The van der Waals surface area contributed by atoms with Gasteiger partial charge in [0.2, 0.25) is 11.8 Å². The van der Waals surface area contributed by atoms with Crippen LogP contribution in [0, 0.1) is 11.8 Å². The number of rotatable bonds is 6. The van der Waals surface area contributed by atoms with Gasteiger partial charge in [0.1, 0.15) is 12.6 Å².